The number of pyridine rings is 2. The lowest BCUT2D eigenvalue weighted by atomic mass is 9.93. The Balaban J connectivity index is 0.000000287. The van der Waals surface area contributed by atoms with Gasteiger partial charge in [-0.3, -0.25) is 9.59 Å². The van der Waals surface area contributed by atoms with E-state index in [9.17, 15) is 22.8 Å². The Hall–Kier alpha value is -4.44. The Kier molecular flexibility index (Phi) is 12.2. The lowest BCUT2D eigenvalue weighted by molar-refractivity contribution is -0.139. The molecular weight excluding hydrogens is 687 g/mol. The zero-order valence-electron chi connectivity index (χ0n) is 25.9. The molecule has 2 amide bonds. The standard InChI is InChI=1S/C23H25F3N4O2S.C9H6ClN3OS/c1-14(2)12-22(3,27)13-32-18-5-4-15(10-17(18)23(24,25)26)16-6-7-28-19(11-16)30-20(31)21-29-8-9-33-21;10-6-1-2-11-7(5-6)13-8(14)9-12-3-4-15-9/h4-11,14H,12-13,27H2,1-3H3,(H,28,30,31);1-5H,(H,11,13,14)/t22-;/m0./s1. The van der Waals surface area contributed by atoms with E-state index in [4.69, 9.17) is 22.1 Å². The molecule has 0 bridgehead atoms. The molecule has 0 unspecified atom stereocenters. The van der Waals surface area contributed by atoms with Gasteiger partial charge in [-0.2, -0.15) is 13.2 Å². The van der Waals surface area contributed by atoms with Crippen LogP contribution in [0.3, 0.4) is 0 Å². The topological polar surface area (TPSA) is 145 Å². The summed E-state index contributed by atoms with van der Waals surface area (Å²) in [6.45, 7) is 5.69. The van der Waals surface area contributed by atoms with Crippen molar-refractivity contribution in [3.8, 4) is 16.9 Å². The molecule has 0 fully saturated rings. The first kappa shape index (κ1) is 36.4. The predicted octanol–water partition coefficient (Wildman–Crippen LogP) is 8.06. The maximum absolute atomic E-state index is 13.8. The summed E-state index contributed by atoms with van der Waals surface area (Å²) in [5.74, 6) is -0.0969. The molecule has 10 nitrogen and oxygen atoms in total. The third-order valence-electron chi connectivity index (χ3n) is 6.27. The summed E-state index contributed by atoms with van der Waals surface area (Å²) in [4.78, 5) is 39.6. The number of ether oxygens (including phenoxy) is 1. The van der Waals surface area contributed by atoms with Gasteiger partial charge >= 0.3 is 6.18 Å². The van der Waals surface area contributed by atoms with Crippen molar-refractivity contribution >= 4 is 57.7 Å². The summed E-state index contributed by atoms with van der Waals surface area (Å²) in [7, 11) is 0. The average molecular weight is 718 g/mol. The number of hydrogen-bond donors (Lipinski definition) is 3. The first-order valence-electron chi connectivity index (χ1n) is 14.3. The molecule has 48 heavy (non-hydrogen) atoms. The highest BCUT2D eigenvalue weighted by atomic mass is 35.5. The molecule has 1 aromatic carbocycles. The number of carbonyl (C=O) groups is 2. The van der Waals surface area contributed by atoms with Gasteiger partial charge < -0.3 is 21.1 Å². The van der Waals surface area contributed by atoms with Crippen molar-refractivity contribution < 1.29 is 27.5 Å². The maximum atomic E-state index is 13.8. The van der Waals surface area contributed by atoms with Crippen LogP contribution in [0.25, 0.3) is 11.1 Å². The first-order chi connectivity index (χ1) is 22.7. The van der Waals surface area contributed by atoms with Crippen LogP contribution in [0.1, 0.15) is 52.4 Å². The molecular formula is C32H31ClF3N7O3S2. The van der Waals surface area contributed by atoms with Crippen LogP contribution in [0, 0.1) is 5.92 Å². The number of thiazole rings is 2. The molecule has 5 rings (SSSR count). The summed E-state index contributed by atoms with van der Waals surface area (Å²) < 4.78 is 46.9. The molecule has 0 aliphatic rings. The van der Waals surface area contributed by atoms with Crippen molar-refractivity contribution in [2.24, 2.45) is 11.7 Å². The summed E-state index contributed by atoms with van der Waals surface area (Å²) in [6.07, 6.45) is 2.01. The molecule has 5 aromatic rings. The molecule has 16 heteroatoms. The highest BCUT2D eigenvalue weighted by molar-refractivity contribution is 7.12. The third-order valence-corrected chi connectivity index (χ3v) is 8.05. The van der Waals surface area contributed by atoms with Crippen LogP contribution in [-0.4, -0.2) is 43.9 Å². The highest BCUT2D eigenvalue weighted by Gasteiger charge is 2.35. The molecule has 0 saturated heterocycles. The summed E-state index contributed by atoms with van der Waals surface area (Å²) in [5, 5.41) is 9.78. The monoisotopic (exact) mass is 717 g/mol. The molecule has 4 N–H and O–H groups in total. The number of nitrogens with two attached hydrogens (primary N) is 1. The van der Waals surface area contributed by atoms with E-state index in [-0.39, 0.29) is 35.0 Å². The number of benzene rings is 1. The number of hydrogen-bond acceptors (Lipinski definition) is 10. The number of amides is 2. The van der Waals surface area contributed by atoms with Crippen LogP contribution in [-0.2, 0) is 6.18 Å². The van der Waals surface area contributed by atoms with E-state index in [0.717, 1.165) is 6.07 Å². The Morgan fingerprint density at radius 1 is 0.854 bits per heavy atom. The van der Waals surface area contributed by atoms with E-state index in [1.807, 2.05) is 13.8 Å². The van der Waals surface area contributed by atoms with Crippen LogP contribution < -0.4 is 21.1 Å². The Bertz CT molecular complexity index is 1820. The minimum absolute atomic E-state index is 0.0458. The fraction of sp³-hybridized carbons (Fsp3) is 0.250. The molecule has 0 saturated carbocycles. The van der Waals surface area contributed by atoms with Gasteiger partial charge in [-0.05, 0) is 66.8 Å². The van der Waals surface area contributed by atoms with Crippen molar-refractivity contribution in [1.29, 1.82) is 0 Å². The highest BCUT2D eigenvalue weighted by Crippen LogP contribution is 2.39. The van der Waals surface area contributed by atoms with Gasteiger partial charge in [0, 0.05) is 46.1 Å². The number of aromatic nitrogens is 4. The van der Waals surface area contributed by atoms with Crippen molar-refractivity contribution in [2.45, 2.75) is 38.9 Å². The largest absolute Gasteiger partial charge is 0.491 e. The fourth-order valence-corrected chi connectivity index (χ4v) is 5.67. The second-order valence-electron chi connectivity index (χ2n) is 11.1. The zero-order valence-corrected chi connectivity index (χ0v) is 28.3. The average Bonchev–Trinajstić information content (AvgIpc) is 3.75. The number of alkyl halides is 3. The summed E-state index contributed by atoms with van der Waals surface area (Å²) in [6, 6.07) is 10.1. The van der Waals surface area contributed by atoms with E-state index in [1.54, 1.807) is 42.1 Å². The zero-order chi connectivity index (χ0) is 34.9. The van der Waals surface area contributed by atoms with Crippen molar-refractivity contribution in [3.05, 3.63) is 98.6 Å². The van der Waals surface area contributed by atoms with Gasteiger partial charge in [0.1, 0.15) is 24.0 Å². The van der Waals surface area contributed by atoms with E-state index in [0.29, 0.717) is 33.4 Å². The van der Waals surface area contributed by atoms with Gasteiger partial charge in [-0.25, -0.2) is 19.9 Å². The Morgan fingerprint density at radius 2 is 1.42 bits per heavy atom. The number of halogens is 4. The predicted molar refractivity (Wildman–Crippen MR) is 182 cm³/mol. The SMILES string of the molecule is CC(C)C[C@](C)(N)COc1ccc(-c2ccnc(NC(=O)c3nccs3)c2)cc1C(F)(F)F.O=C(Nc1cc(Cl)ccn1)c1nccs1. The second kappa shape index (κ2) is 16.1. The van der Waals surface area contributed by atoms with Crippen LogP contribution in [0.5, 0.6) is 5.75 Å². The van der Waals surface area contributed by atoms with Crippen molar-refractivity contribution in [2.75, 3.05) is 17.2 Å². The number of nitrogens with one attached hydrogen (secondary N) is 2. The number of nitrogens with zero attached hydrogens (tertiary/aromatic N) is 4. The first-order valence-corrected chi connectivity index (χ1v) is 16.5. The lowest BCUT2D eigenvalue weighted by Gasteiger charge is -2.27. The Labute approximate surface area is 287 Å². The third kappa shape index (κ3) is 10.8. The molecule has 0 spiro atoms. The minimum Gasteiger partial charge on any atom is -0.491 e. The van der Waals surface area contributed by atoms with E-state index < -0.39 is 23.2 Å². The van der Waals surface area contributed by atoms with Crippen LogP contribution >= 0.6 is 34.3 Å². The summed E-state index contributed by atoms with van der Waals surface area (Å²) in [5.41, 5.74) is 5.29. The second-order valence-corrected chi connectivity index (χ2v) is 13.3. The minimum atomic E-state index is -4.62. The fourth-order valence-electron chi connectivity index (χ4n) is 4.45. The van der Waals surface area contributed by atoms with Gasteiger partial charge in [0.2, 0.25) is 0 Å². The molecule has 1 atom stereocenters. The van der Waals surface area contributed by atoms with E-state index in [1.165, 1.54) is 59.5 Å². The molecule has 252 valence electrons. The Morgan fingerprint density at radius 3 is 1.94 bits per heavy atom. The van der Waals surface area contributed by atoms with Gasteiger partial charge in [0.05, 0.1) is 5.56 Å². The van der Waals surface area contributed by atoms with Gasteiger partial charge in [0.15, 0.2) is 10.0 Å². The normalized spacial score (nSPS) is 12.4. The molecule has 4 aromatic heterocycles. The maximum Gasteiger partial charge on any atom is 0.419 e. The van der Waals surface area contributed by atoms with E-state index >= 15 is 0 Å². The van der Waals surface area contributed by atoms with Crippen LogP contribution in [0.15, 0.2) is 78.0 Å². The lowest BCUT2D eigenvalue weighted by Crippen LogP contribution is -2.43. The smallest absolute Gasteiger partial charge is 0.419 e. The number of anilines is 2. The molecule has 0 aliphatic heterocycles. The quantitative estimate of drug-likeness (QED) is 0.132. The van der Waals surface area contributed by atoms with Crippen molar-refractivity contribution in [1.82, 2.24) is 19.9 Å². The van der Waals surface area contributed by atoms with Crippen molar-refractivity contribution in [3.63, 3.8) is 0 Å². The number of carbonyl (C=O) groups excluding carboxylic acids is 2. The van der Waals surface area contributed by atoms with Gasteiger partial charge in [0.25, 0.3) is 11.8 Å². The molecule has 4 heterocycles. The van der Waals surface area contributed by atoms with Crippen LogP contribution in [0.2, 0.25) is 5.02 Å². The number of rotatable bonds is 10. The summed E-state index contributed by atoms with van der Waals surface area (Å²) >= 11 is 8.19. The molecule has 0 aliphatic carbocycles. The van der Waals surface area contributed by atoms with Crippen LogP contribution in [0.4, 0.5) is 24.8 Å². The van der Waals surface area contributed by atoms with Gasteiger partial charge in [-0.15, -0.1) is 22.7 Å². The van der Waals surface area contributed by atoms with E-state index in [2.05, 4.69) is 30.6 Å². The van der Waals surface area contributed by atoms with Gasteiger partial charge in [-0.1, -0.05) is 31.5 Å². The molecule has 0 radical (unpaired) electrons.